The van der Waals surface area contributed by atoms with Crippen LogP contribution in [0.1, 0.15) is 33.6 Å². The number of methoxy groups -OCH3 is 1. The zero-order valence-electron chi connectivity index (χ0n) is 9.71. The normalized spacial score (nSPS) is 49.9. The highest BCUT2D eigenvalue weighted by Gasteiger charge is 2.62. The fraction of sp³-hybridized carbons (Fsp3) is 1.00. The van der Waals surface area contributed by atoms with Gasteiger partial charge in [0, 0.05) is 13.0 Å². The lowest BCUT2D eigenvalue weighted by Gasteiger charge is -2.65. The zero-order chi connectivity index (χ0) is 10.6. The predicted molar refractivity (Wildman–Crippen MR) is 56.0 cm³/mol. The number of fused-ring (bicyclic) bond motifs is 2. The Kier molecular flexibility index (Phi) is 2.20. The summed E-state index contributed by atoms with van der Waals surface area (Å²) in [4.78, 5) is 0. The summed E-state index contributed by atoms with van der Waals surface area (Å²) in [6.45, 7) is 7.29. The molecule has 4 atom stereocenters. The molecule has 0 aliphatic heterocycles. The van der Waals surface area contributed by atoms with Gasteiger partial charge in [0.15, 0.2) is 0 Å². The van der Waals surface area contributed by atoms with Gasteiger partial charge < -0.3 is 9.84 Å². The minimum absolute atomic E-state index is 0.337. The Labute approximate surface area is 86.6 Å². The first-order valence-electron chi connectivity index (χ1n) is 5.62. The molecule has 0 aromatic heterocycles. The van der Waals surface area contributed by atoms with Crippen LogP contribution in [-0.4, -0.2) is 24.4 Å². The average Bonchev–Trinajstić information content (AvgIpc) is 2.07. The van der Waals surface area contributed by atoms with Crippen molar-refractivity contribution in [2.24, 2.45) is 23.2 Å². The van der Waals surface area contributed by atoms with Gasteiger partial charge in [0.25, 0.3) is 0 Å². The predicted octanol–water partition coefficient (Wildman–Crippen LogP) is 2.07. The van der Waals surface area contributed by atoms with Gasteiger partial charge in [0.2, 0.25) is 0 Å². The first-order chi connectivity index (χ1) is 6.40. The molecule has 0 unspecified atom stereocenters. The largest absolute Gasteiger partial charge is 0.389 e. The van der Waals surface area contributed by atoms with Crippen molar-refractivity contribution in [3.63, 3.8) is 0 Å². The molecule has 0 aromatic rings. The van der Waals surface area contributed by atoms with Crippen molar-refractivity contribution in [3.05, 3.63) is 0 Å². The van der Waals surface area contributed by atoms with Crippen molar-refractivity contribution in [2.75, 3.05) is 13.7 Å². The van der Waals surface area contributed by atoms with E-state index in [9.17, 15) is 5.11 Å². The number of aliphatic hydroxyl groups is 1. The molecule has 0 radical (unpaired) electrons. The fourth-order valence-electron chi connectivity index (χ4n) is 3.71. The van der Waals surface area contributed by atoms with E-state index < -0.39 is 5.60 Å². The van der Waals surface area contributed by atoms with Gasteiger partial charge in [-0.1, -0.05) is 13.8 Å². The third-order valence-electron chi connectivity index (χ3n) is 4.94. The molecular weight excluding hydrogens is 176 g/mol. The summed E-state index contributed by atoms with van der Waals surface area (Å²) >= 11 is 0. The zero-order valence-corrected chi connectivity index (χ0v) is 9.71. The van der Waals surface area contributed by atoms with Crippen molar-refractivity contribution in [1.82, 2.24) is 0 Å². The number of rotatable bonds is 2. The molecule has 3 aliphatic carbocycles. The standard InChI is InChI=1S/C12H22O2/c1-11(2)8-5-9(7-14-4)12(3,13)10(11)6-8/h8-10,13H,5-7H2,1-4H3/t8-,9+,10+,12-/m1/s1. The van der Waals surface area contributed by atoms with Crippen LogP contribution in [0.4, 0.5) is 0 Å². The van der Waals surface area contributed by atoms with Crippen molar-refractivity contribution in [3.8, 4) is 0 Å². The van der Waals surface area contributed by atoms with Crippen LogP contribution in [0.2, 0.25) is 0 Å². The minimum atomic E-state index is -0.520. The van der Waals surface area contributed by atoms with E-state index >= 15 is 0 Å². The molecule has 3 rings (SSSR count). The lowest BCUT2D eigenvalue weighted by molar-refractivity contribution is -0.232. The van der Waals surface area contributed by atoms with Crippen LogP contribution in [0.25, 0.3) is 0 Å². The number of hydrogen-bond acceptors (Lipinski definition) is 2. The summed E-state index contributed by atoms with van der Waals surface area (Å²) in [5, 5.41) is 10.5. The quantitative estimate of drug-likeness (QED) is 0.736. The SMILES string of the molecule is COC[C@@H]1C[C@@H]2C[C@@H](C2(C)C)[C@]1(C)O. The molecule has 0 spiro atoms. The summed E-state index contributed by atoms with van der Waals surface area (Å²) in [6.07, 6.45) is 2.34. The van der Waals surface area contributed by atoms with Crippen LogP contribution in [0, 0.1) is 23.2 Å². The maximum absolute atomic E-state index is 10.5. The van der Waals surface area contributed by atoms with E-state index in [2.05, 4.69) is 13.8 Å². The monoisotopic (exact) mass is 198 g/mol. The van der Waals surface area contributed by atoms with Gasteiger partial charge in [-0.3, -0.25) is 0 Å². The number of hydrogen-bond donors (Lipinski definition) is 1. The van der Waals surface area contributed by atoms with E-state index in [1.165, 1.54) is 6.42 Å². The van der Waals surface area contributed by atoms with E-state index in [0.29, 0.717) is 23.9 Å². The van der Waals surface area contributed by atoms with Crippen LogP contribution >= 0.6 is 0 Å². The average molecular weight is 198 g/mol. The molecule has 14 heavy (non-hydrogen) atoms. The molecule has 0 amide bonds. The summed E-state index contributed by atoms with van der Waals surface area (Å²) in [7, 11) is 1.72. The molecule has 2 bridgehead atoms. The summed E-state index contributed by atoms with van der Waals surface area (Å²) in [6, 6.07) is 0. The second-order valence-electron chi connectivity index (χ2n) is 5.92. The van der Waals surface area contributed by atoms with E-state index in [4.69, 9.17) is 4.74 Å². The highest BCUT2D eigenvalue weighted by molar-refractivity contribution is 5.11. The van der Waals surface area contributed by atoms with Crippen LogP contribution in [0.15, 0.2) is 0 Å². The van der Waals surface area contributed by atoms with Gasteiger partial charge in [-0.25, -0.2) is 0 Å². The molecule has 2 heteroatoms. The Morgan fingerprint density at radius 3 is 2.36 bits per heavy atom. The Balaban J connectivity index is 2.16. The lowest BCUT2D eigenvalue weighted by Crippen LogP contribution is -2.65. The van der Waals surface area contributed by atoms with Crippen molar-refractivity contribution in [1.29, 1.82) is 0 Å². The van der Waals surface area contributed by atoms with Crippen LogP contribution in [0.3, 0.4) is 0 Å². The highest BCUT2D eigenvalue weighted by atomic mass is 16.5. The second-order valence-corrected chi connectivity index (χ2v) is 5.92. The molecule has 3 aliphatic rings. The molecular formula is C12H22O2. The van der Waals surface area contributed by atoms with Crippen molar-refractivity contribution < 1.29 is 9.84 Å². The van der Waals surface area contributed by atoms with E-state index in [0.717, 1.165) is 12.3 Å². The van der Waals surface area contributed by atoms with Gasteiger partial charge in [-0.2, -0.15) is 0 Å². The first kappa shape index (κ1) is 10.4. The Bertz CT molecular complexity index is 232. The summed E-state index contributed by atoms with van der Waals surface area (Å²) in [5.74, 6) is 1.60. The third-order valence-corrected chi connectivity index (χ3v) is 4.94. The molecule has 0 heterocycles. The van der Waals surface area contributed by atoms with Crippen LogP contribution in [0.5, 0.6) is 0 Å². The van der Waals surface area contributed by atoms with E-state index in [-0.39, 0.29) is 0 Å². The fourth-order valence-corrected chi connectivity index (χ4v) is 3.71. The Morgan fingerprint density at radius 1 is 1.29 bits per heavy atom. The van der Waals surface area contributed by atoms with Gasteiger partial charge in [-0.05, 0) is 37.0 Å². The van der Waals surface area contributed by atoms with Crippen molar-refractivity contribution >= 4 is 0 Å². The van der Waals surface area contributed by atoms with Crippen LogP contribution in [-0.2, 0) is 4.74 Å². The van der Waals surface area contributed by atoms with Gasteiger partial charge in [-0.15, -0.1) is 0 Å². The van der Waals surface area contributed by atoms with Gasteiger partial charge in [0.1, 0.15) is 0 Å². The maximum Gasteiger partial charge on any atom is 0.0703 e. The van der Waals surface area contributed by atoms with Crippen molar-refractivity contribution in [2.45, 2.75) is 39.2 Å². The molecule has 0 aromatic carbocycles. The summed E-state index contributed by atoms with van der Waals surface area (Å²) in [5.41, 5.74) is -0.179. The Hall–Kier alpha value is -0.0800. The second kappa shape index (κ2) is 2.96. The minimum Gasteiger partial charge on any atom is -0.389 e. The smallest absolute Gasteiger partial charge is 0.0703 e. The maximum atomic E-state index is 10.5. The highest BCUT2D eigenvalue weighted by Crippen LogP contribution is 2.64. The van der Waals surface area contributed by atoms with Crippen LogP contribution < -0.4 is 0 Å². The first-order valence-corrected chi connectivity index (χ1v) is 5.62. The van der Waals surface area contributed by atoms with E-state index in [1.807, 2.05) is 6.92 Å². The molecule has 1 N–H and O–H groups in total. The lowest BCUT2D eigenvalue weighted by atomic mass is 9.42. The van der Waals surface area contributed by atoms with Gasteiger partial charge >= 0.3 is 0 Å². The topological polar surface area (TPSA) is 29.5 Å². The molecule has 3 saturated carbocycles. The Morgan fingerprint density at radius 2 is 1.93 bits per heavy atom. The van der Waals surface area contributed by atoms with E-state index in [1.54, 1.807) is 7.11 Å². The molecule has 0 saturated heterocycles. The number of ether oxygens (including phenoxy) is 1. The molecule has 2 nitrogen and oxygen atoms in total. The molecule has 3 fully saturated rings. The third kappa shape index (κ3) is 1.17. The summed E-state index contributed by atoms with van der Waals surface area (Å²) < 4.78 is 5.19. The molecule has 82 valence electrons. The van der Waals surface area contributed by atoms with Gasteiger partial charge in [0.05, 0.1) is 12.2 Å².